The molecule has 1 aliphatic heterocycles. The van der Waals surface area contributed by atoms with E-state index in [1.165, 1.54) is 4.90 Å². The fourth-order valence-electron chi connectivity index (χ4n) is 3.48. The minimum atomic E-state index is -0.803. The number of aliphatic hydroxyl groups is 1. The van der Waals surface area contributed by atoms with E-state index >= 15 is 0 Å². The lowest BCUT2D eigenvalue weighted by molar-refractivity contribution is -0.132. The summed E-state index contributed by atoms with van der Waals surface area (Å²) in [6, 6.07) is 20.6. The Morgan fingerprint density at radius 1 is 0.929 bits per heavy atom. The van der Waals surface area contributed by atoms with E-state index in [0.29, 0.717) is 16.9 Å². The maximum Gasteiger partial charge on any atom is 0.300 e. The number of pyridine rings is 1. The Hall–Kier alpha value is -3.73. The van der Waals surface area contributed by atoms with Crippen molar-refractivity contribution in [1.82, 2.24) is 4.98 Å². The van der Waals surface area contributed by atoms with Crippen LogP contribution in [0.1, 0.15) is 22.9 Å². The van der Waals surface area contributed by atoms with Crippen LogP contribution in [0.15, 0.2) is 84.6 Å². The van der Waals surface area contributed by atoms with Crippen LogP contribution in [0, 0.1) is 6.92 Å². The van der Waals surface area contributed by atoms with E-state index in [-0.39, 0.29) is 11.3 Å². The molecular weight excluding hydrogens is 352 g/mol. The van der Waals surface area contributed by atoms with Gasteiger partial charge in [0.1, 0.15) is 11.8 Å². The van der Waals surface area contributed by atoms with E-state index in [9.17, 15) is 14.7 Å². The normalized spacial score (nSPS) is 18.5. The van der Waals surface area contributed by atoms with Crippen LogP contribution in [-0.2, 0) is 9.59 Å². The summed E-state index contributed by atoms with van der Waals surface area (Å²) in [6.45, 7) is 1.88. The molecule has 1 fully saturated rings. The first kappa shape index (κ1) is 17.7. The Kier molecular flexibility index (Phi) is 4.49. The Balaban J connectivity index is 1.97. The molecule has 138 valence electrons. The van der Waals surface area contributed by atoms with Crippen molar-refractivity contribution in [2.45, 2.75) is 13.0 Å². The molecule has 1 aliphatic rings. The highest BCUT2D eigenvalue weighted by molar-refractivity contribution is 6.51. The SMILES string of the molecule is Cc1ccccc1N1C(=O)C(=O)/C(=C(\O)c2ccccc2)C1c1ccccn1. The summed E-state index contributed by atoms with van der Waals surface area (Å²) in [7, 11) is 0. The number of nitrogens with zero attached hydrogens (tertiary/aromatic N) is 2. The van der Waals surface area contributed by atoms with Crippen molar-refractivity contribution in [3.8, 4) is 0 Å². The lowest BCUT2D eigenvalue weighted by Gasteiger charge is -2.25. The van der Waals surface area contributed by atoms with Gasteiger partial charge in [-0.05, 0) is 30.7 Å². The van der Waals surface area contributed by atoms with Crippen LogP contribution in [-0.4, -0.2) is 21.8 Å². The summed E-state index contributed by atoms with van der Waals surface area (Å²) in [5, 5.41) is 10.9. The minimum Gasteiger partial charge on any atom is -0.507 e. The topological polar surface area (TPSA) is 70.5 Å². The highest BCUT2D eigenvalue weighted by Gasteiger charge is 2.47. The van der Waals surface area contributed by atoms with E-state index in [0.717, 1.165) is 5.56 Å². The zero-order chi connectivity index (χ0) is 19.7. The standard InChI is InChI=1S/C23H18N2O3/c1-15-9-5-6-13-18(15)25-20(17-12-7-8-14-24-17)19(22(27)23(25)28)21(26)16-10-3-2-4-11-16/h2-14,20,26H,1H3/b21-19-. The lowest BCUT2D eigenvalue weighted by atomic mass is 9.98. The van der Waals surface area contributed by atoms with E-state index < -0.39 is 17.7 Å². The van der Waals surface area contributed by atoms with Crippen molar-refractivity contribution in [3.05, 3.63) is 101 Å². The molecule has 0 bridgehead atoms. The molecular formula is C23H18N2O3. The monoisotopic (exact) mass is 370 g/mol. The number of hydrogen-bond acceptors (Lipinski definition) is 4. The summed E-state index contributed by atoms with van der Waals surface area (Å²) >= 11 is 0. The number of ketones is 1. The molecule has 1 atom stereocenters. The van der Waals surface area contributed by atoms with Gasteiger partial charge in [-0.15, -0.1) is 0 Å². The van der Waals surface area contributed by atoms with E-state index in [1.807, 2.05) is 31.2 Å². The van der Waals surface area contributed by atoms with Gasteiger partial charge in [0.05, 0.1) is 11.3 Å². The van der Waals surface area contributed by atoms with E-state index in [2.05, 4.69) is 4.98 Å². The molecule has 5 nitrogen and oxygen atoms in total. The van der Waals surface area contributed by atoms with E-state index in [4.69, 9.17) is 0 Å². The number of rotatable bonds is 3. The maximum atomic E-state index is 13.0. The molecule has 0 radical (unpaired) electrons. The third-order valence-electron chi connectivity index (χ3n) is 4.83. The van der Waals surface area contributed by atoms with Gasteiger partial charge < -0.3 is 5.11 Å². The van der Waals surface area contributed by atoms with Gasteiger partial charge >= 0.3 is 0 Å². The van der Waals surface area contributed by atoms with Crippen LogP contribution in [0.5, 0.6) is 0 Å². The van der Waals surface area contributed by atoms with Crippen LogP contribution in [0.2, 0.25) is 0 Å². The van der Waals surface area contributed by atoms with Gasteiger partial charge in [0, 0.05) is 17.4 Å². The summed E-state index contributed by atoms with van der Waals surface area (Å²) in [5.74, 6) is -1.60. The Bertz CT molecular complexity index is 1080. The van der Waals surface area contributed by atoms with Crippen LogP contribution in [0.25, 0.3) is 5.76 Å². The Labute approximate surface area is 162 Å². The average molecular weight is 370 g/mol. The predicted octanol–water partition coefficient (Wildman–Crippen LogP) is 4.02. The van der Waals surface area contributed by atoms with Crippen LogP contribution >= 0.6 is 0 Å². The zero-order valence-corrected chi connectivity index (χ0v) is 15.2. The molecule has 2 heterocycles. The molecule has 1 aromatic heterocycles. The number of hydrogen-bond donors (Lipinski definition) is 1. The third kappa shape index (κ3) is 2.87. The first-order valence-corrected chi connectivity index (χ1v) is 8.92. The molecule has 0 spiro atoms. The number of aliphatic hydroxyl groups excluding tert-OH is 1. The minimum absolute atomic E-state index is 0.0400. The van der Waals surface area contributed by atoms with Crippen molar-refractivity contribution in [2.75, 3.05) is 4.90 Å². The van der Waals surface area contributed by atoms with Gasteiger partial charge in [-0.1, -0.05) is 54.6 Å². The van der Waals surface area contributed by atoms with Crippen LogP contribution < -0.4 is 4.90 Å². The molecule has 5 heteroatoms. The van der Waals surface area contributed by atoms with Gasteiger partial charge in [0.25, 0.3) is 11.7 Å². The maximum absolute atomic E-state index is 13.0. The molecule has 0 aliphatic carbocycles. The van der Waals surface area contributed by atoms with Crippen molar-refractivity contribution < 1.29 is 14.7 Å². The fraction of sp³-hybridized carbons (Fsp3) is 0.0870. The number of aryl methyl sites for hydroxylation is 1. The fourth-order valence-corrected chi connectivity index (χ4v) is 3.48. The summed E-state index contributed by atoms with van der Waals surface area (Å²) in [4.78, 5) is 31.7. The molecule has 2 aromatic carbocycles. The zero-order valence-electron chi connectivity index (χ0n) is 15.2. The van der Waals surface area contributed by atoms with Crippen molar-refractivity contribution in [1.29, 1.82) is 0 Å². The average Bonchev–Trinajstić information content (AvgIpc) is 3.00. The van der Waals surface area contributed by atoms with Crippen LogP contribution in [0.4, 0.5) is 5.69 Å². The predicted molar refractivity (Wildman–Crippen MR) is 107 cm³/mol. The molecule has 28 heavy (non-hydrogen) atoms. The van der Waals surface area contributed by atoms with Gasteiger partial charge in [-0.2, -0.15) is 0 Å². The highest BCUT2D eigenvalue weighted by atomic mass is 16.3. The number of aromatic nitrogens is 1. The first-order valence-electron chi connectivity index (χ1n) is 8.92. The highest BCUT2D eigenvalue weighted by Crippen LogP contribution is 2.42. The number of Topliss-reactive ketones (excluding diaryl/α,β-unsaturated/α-hetero) is 1. The summed E-state index contributed by atoms with van der Waals surface area (Å²) < 4.78 is 0. The van der Waals surface area contributed by atoms with Crippen molar-refractivity contribution >= 4 is 23.1 Å². The number of carbonyl (C=O) groups is 2. The van der Waals surface area contributed by atoms with E-state index in [1.54, 1.807) is 54.7 Å². The number of anilines is 1. The smallest absolute Gasteiger partial charge is 0.300 e. The molecule has 1 amide bonds. The number of carbonyl (C=O) groups excluding carboxylic acids is 2. The lowest BCUT2D eigenvalue weighted by Crippen LogP contribution is -2.30. The molecule has 1 N–H and O–H groups in total. The summed E-state index contributed by atoms with van der Waals surface area (Å²) in [5.41, 5.74) is 2.50. The van der Waals surface area contributed by atoms with Gasteiger partial charge in [-0.25, -0.2) is 0 Å². The second kappa shape index (κ2) is 7.12. The second-order valence-electron chi connectivity index (χ2n) is 6.58. The second-order valence-corrected chi connectivity index (χ2v) is 6.58. The largest absolute Gasteiger partial charge is 0.507 e. The first-order chi connectivity index (χ1) is 13.6. The van der Waals surface area contributed by atoms with Crippen molar-refractivity contribution in [2.24, 2.45) is 0 Å². The molecule has 4 rings (SSSR count). The Morgan fingerprint density at radius 3 is 2.29 bits per heavy atom. The van der Waals surface area contributed by atoms with Crippen molar-refractivity contribution in [3.63, 3.8) is 0 Å². The van der Waals surface area contributed by atoms with Crippen LogP contribution in [0.3, 0.4) is 0 Å². The number of benzene rings is 2. The third-order valence-corrected chi connectivity index (χ3v) is 4.83. The Morgan fingerprint density at radius 2 is 1.61 bits per heavy atom. The number of amides is 1. The molecule has 0 saturated carbocycles. The quantitative estimate of drug-likeness (QED) is 0.429. The van der Waals surface area contributed by atoms with Gasteiger partial charge in [0.15, 0.2) is 0 Å². The molecule has 3 aromatic rings. The molecule has 1 unspecified atom stereocenters. The number of para-hydroxylation sites is 1. The van der Waals surface area contributed by atoms with Gasteiger partial charge in [-0.3, -0.25) is 19.5 Å². The molecule has 1 saturated heterocycles. The summed E-state index contributed by atoms with van der Waals surface area (Å²) in [6.07, 6.45) is 1.61. The van der Waals surface area contributed by atoms with Gasteiger partial charge in [0.2, 0.25) is 0 Å².